The average molecular weight is 261 g/mol. The second-order valence-corrected chi connectivity index (χ2v) is 5.59. The highest BCUT2D eigenvalue weighted by atomic mass is 16.5. The van der Waals surface area contributed by atoms with Crippen LogP contribution in [0, 0.1) is 5.92 Å². The molecule has 0 heterocycles. The van der Waals surface area contributed by atoms with Crippen LogP contribution in [-0.2, 0) is 11.3 Å². The number of hydrogen-bond acceptors (Lipinski definition) is 2. The molecule has 0 atom stereocenters. The van der Waals surface area contributed by atoms with Gasteiger partial charge in [-0.25, -0.2) is 0 Å². The predicted molar refractivity (Wildman–Crippen MR) is 80.2 cm³/mol. The minimum Gasteiger partial charge on any atom is -0.381 e. The van der Waals surface area contributed by atoms with Crippen molar-refractivity contribution < 1.29 is 4.74 Å². The summed E-state index contributed by atoms with van der Waals surface area (Å²) in [7, 11) is 0. The van der Waals surface area contributed by atoms with Crippen molar-refractivity contribution in [2.45, 2.75) is 45.1 Å². The van der Waals surface area contributed by atoms with Crippen LogP contribution in [0.3, 0.4) is 0 Å². The third-order valence-corrected chi connectivity index (χ3v) is 3.89. The molecule has 2 nitrogen and oxygen atoms in total. The van der Waals surface area contributed by atoms with Crippen molar-refractivity contribution in [1.82, 2.24) is 5.32 Å². The van der Waals surface area contributed by atoms with Gasteiger partial charge in [-0.15, -0.1) is 0 Å². The fourth-order valence-electron chi connectivity index (χ4n) is 2.73. The Morgan fingerprint density at radius 3 is 2.63 bits per heavy atom. The second kappa shape index (κ2) is 9.11. The highest BCUT2D eigenvalue weighted by Gasteiger charge is 2.12. The number of benzene rings is 1. The van der Waals surface area contributed by atoms with Gasteiger partial charge in [0.05, 0.1) is 0 Å². The maximum atomic E-state index is 5.79. The lowest BCUT2D eigenvalue weighted by Crippen LogP contribution is -2.18. The Balaban J connectivity index is 1.42. The average Bonchev–Trinajstić information content (AvgIpc) is 2.48. The number of nitrogens with one attached hydrogen (secondary N) is 1. The quantitative estimate of drug-likeness (QED) is 0.719. The smallest absolute Gasteiger partial charge is 0.0494 e. The summed E-state index contributed by atoms with van der Waals surface area (Å²) in [4.78, 5) is 0. The van der Waals surface area contributed by atoms with Gasteiger partial charge in [-0.2, -0.15) is 0 Å². The molecular weight excluding hydrogens is 234 g/mol. The first-order valence-electron chi connectivity index (χ1n) is 7.77. The third kappa shape index (κ3) is 6.22. The first-order valence-corrected chi connectivity index (χ1v) is 7.77. The standard InChI is InChI=1S/C17H27NO/c1-3-8-16(9-4-1)14-18-12-7-13-19-15-17-10-5-2-6-11-17/h1,3-4,8-9,17-18H,2,5-7,10-15H2. The van der Waals surface area contributed by atoms with Crippen molar-refractivity contribution in [2.75, 3.05) is 19.8 Å². The van der Waals surface area contributed by atoms with E-state index in [9.17, 15) is 0 Å². The van der Waals surface area contributed by atoms with E-state index in [0.717, 1.165) is 38.6 Å². The molecule has 0 aromatic heterocycles. The van der Waals surface area contributed by atoms with Crippen LogP contribution in [-0.4, -0.2) is 19.8 Å². The van der Waals surface area contributed by atoms with Crippen LogP contribution in [0.1, 0.15) is 44.1 Å². The van der Waals surface area contributed by atoms with Crippen LogP contribution < -0.4 is 5.32 Å². The summed E-state index contributed by atoms with van der Waals surface area (Å²) >= 11 is 0. The van der Waals surface area contributed by atoms with Crippen molar-refractivity contribution in [3.05, 3.63) is 35.9 Å². The van der Waals surface area contributed by atoms with E-state index in [1.54, 1.807) is 0 Å². The van der Waals surface area contributed by atoms with Crippen LogP contribution in [0.2, 0.25) is 0 Å². The van der Waals surface area contributed by atoms with E-state index in [4.69, 9.17) is 4.74 Å². The van der Waals surface area contributed by atoms with Crippen molar-refractivity contribution in [3.63, 3.8) is 0 Å². The van der Waals surface area contributed by atoms with Crippen LogP contribution in [0.15, 0.2) is 30.3 Å². The van der Waals surface area contributed by atoms with Crippen LogP contribution in [0.5, 0.6) is 0 Å². The molecule has 19 heavy (non-hydrogen) atoms. The van der Waals surface area contributed by atoms with Gasteiger partial charge in [0.25, 0.3) is 0 Å². The molecule has 106 valence electrons. The summed E-state index contributed by atoms with van der Waals surface area (Å²) in [6.45, 7) is 3.89. The van der Waals surface area contributed by atoms with Crippen molar-refractivity contribution in [1.29, 1.82) is 0 Å². The highest BCUT2D eigenvalue weighted by molar-refractivity contribution is 5.14. The first kappa shape index (κ1) is 14.5. The first-order chi connectivity index (χ1) is 9.45. The zero-order valence-electron chi connectivity index (χ0n) is 11.9. The fourth-order valence-corrected chi connectivity index (χ4v) is 2.73. The van der Waals surface area contributed by atoms with Gasteiger partial charge < -0.3 is 10.1 Å². The van der Waals surface area contributed by atoms with Gasteiger partial charge in [-0.05, 0) is 37.3 Å². The van der Waals surface area contributed by atoms with E-state index < -0.39 is 0 Å². The number of hydrogen-bond donors (Lipinski definition) is 1. The number of ether oxygens (including phenoxy) is 1. The molecule has 1 aromatic carbocycles. The van der Waals surface area contributed by atoms with Gasteiger partial charge in [0.15, 0.2) is 0 Å². The van der Waals surface area contributed by atoms with Crippen molar-refractivity contribution >= 4 is 0 Å². The Hall–Kier alpha value is -0.860. The van der Waals surface area contributed by atoms with Gasteiger partial charge in [-0.3, -0.25) is 0 Å². The summed E-state index contributed by atoms with van der Waals surface area (Å²) in [5.41, 5.74) is 1.35. The molecule has 0 spiro atoms. The van der Waals surface area contributed by atoms with Crippen molar-refractivity contribution in [3.8, 4) is 0 Å². The maximum absolute atomic E-state index is 5.79. The summed E-state index contributed by atoms with van der Waals surface area (Å²) in [6.07, 6.45) is 8.12. The molecule has 0 bridgehead atoms. The van der Waals surface area contributed by atoms with Crippen LogP contribution in [0.25, 0.3) is 0 Å². The molecule has 0 aliphatic heterocycles. The monoisotopic (exact) mass is 261 g/mol. The summed E-state index contributed by atoms with van der Waals surface area (Å²) in [5, 5.41) is 3.46. The molecule has 1 N–H and O–H groups in total. The molecule has 2 rings (SSSR count). The fraction of sp³-hybridized carbons (Fsp3) is 0.647. The zero-order valence-corrected chi connectivity index (χ0v) is 11.9. The van der Waals surface area contributed by atoms with Crippen molar-refractivity contribution in [2.24, 2.45) is 5.92 Å². The number of rotatable bonds is 8. The predicted octanol–water partition coefficient (Wildman–Crippen LogP) is 3.76. The van der Waals surface area contributed by atoms with E-state index in [1.165, 1.54) is 37.7 Å². The molecule has 1 aliphatic carbocycles. The molecule has 2 heteroatoms. The van der Waals surface area contributed by atoms with Gasteiger partial charge in [0, 0.05) is 19.8 Å². The van der Waals surface area contributed by atoms with Gasteiger partial charge in [0.1, 0.15) is 0 Å². The van der Waals surface area contributed by atoms with E-state index in [0.29, 0.717) is 0 Å². The normalized spacial score (nSPS) is 16.6. The Labute approximate surface area is 117 Å². The molecule has 0 saturated heterocycles. The Morgan fingerprint density at radius 2 is 1.84 bits per heavy atom. The molecular formula is C17H27NO. The van der Waals surface area contributed by atoms with E-state index >= 15 is 0 Å². The van der Waals surface area contributed by atoms with E-state index in [1.807, 2.05) is 0 Å². The molecule has 0 radical (unpaired) electrons. The zero-order chi connectivity index (χ0) is 13.2. The summed E-state index contributed by atoms with van der Waals surface area (Å²) in [5.74, 6) is 0.839. The van der Waals surface area contributed by atoms with Crippen LogP contribution >= 0.6 is 0 Å². The third-order valence-electron chi connectivity index (χ3n) is 3.89. The molecule has 1 saturated carbocycles. The molecule has 0 amide bonds. The van der Waals surface area contributed by atoms with Gasteiger partial charge in [-0.1, -0.05) is 49.6 Å². The summed E-state index contributed by atoms with van der Waals surface area (Å²) < 4.78 is 5.79. The minimum atomic E-state index is 0.839. The highest BCUT2D eigenvalue weighted by Crippen LogP contribution is 2.23. The molecule has 0 unspecified atom stereocenters. The maximum Gasteiger partial charge on any atom is 0.0494 e. The molecule has 1 aliphatic rings. The van der Waals surface area contributed by atoms with Crippen LogP contribution in [0.4, 0.5) is 0 Å². The van der Waals surface area contributed by atoms with E-state index in [2.05, 4.69) is 35.6 Å². The summed E-state index contributed by atoms with van der Waals surface area (Å²) in [6, 6.07) is 10.6. The SMILES string of the molecule is c1ccc(CNCCCOCC2CCCCC2)cc1. The lowest BCUT2D eigenvalue weighted by molar-refractivity contribution is 0.0836. The lowest BCUT2D eigenvalue weighted by Gasteiger charge is -2.21. The lowest BCUT2D eigenvalue weighted by atomic mass is 9.90. The van der Waals surface area contributed by atoms with Gasteiger partial charge in [0.2, 0.25) is 0 Å². The Morgan fingerprint density at radius 1 is 1.05 bits per heavy atom. The second-order valence-electron chi connectivity index (χ2n) is 5.59. The topological polar surface area (TPSA) is 21.3 Å². The van der Waals surface area contributed by atoms with Gasteiger partial charge >= 0.3 is 0 Å². The van der Waals surface area contributed by atoms with E-state index in [-0.39, 0.29) is 0 Å². The Kier molecular flexibility index (Phi) is 6.97. The molecule has 1 fully saturated rings. The minimum absolute atomic E-state index is 0.839. The molecule has 1 aromatic rings. The Bertz CT molecular complexity index is 319. The largest absolute Gasteiger partial charge is 0.381 e.